The van der Waals surface area contributed by atoms with Crippen LogP contribution in [-0.4, -0.2) is 114 Å². The maximum Gasteiger partial charge on any atom is 0.389 e. The molecule has 6 aromatic carbocycles. The van der Waals surface area contributed by atoms with Gasteiger partial charge in [-0.2, -0.15) is 26.3 Å². The summed E-state index contributed by atoms with van der Waals surface area (Å²) in [6.07, 6.45) is -4.00. The van der Waals surface area contributed by atoms with E-state index in [9.17, 15) is 55.1 Å². The van der Waals surface area contributed by atoms with Crippen molar-refractivity contribution in [2.24, 2.45) is 5.41 Å². The fraction of sp³-hybridized carbons (Fsp3) is 0.313. The standard InChI is InChI=1S/C34H37F3N2O9.C33H35F3N2O7/c35-34(36,37)13-1-2-14-45-29-10-6-25(7-11-29)33(42)48-30-8-3-24(4-9-30)5-12-31(40)46-19-17-43-15-16-44-18-20-47-32(41)26-21-27(38)23-28(39)22-26;1-32(2,21-44-30(40)24-17-25(37)19-26(38)18-24)20-43-29(39)14-7-22-5-10-28(11-6-22)45-31(41)23-8-12-27(13-9-23)42-16-4-3-15-33(34,35)36/h3-12,21-23H,1-2,13-20,38-39H2;5-14,17-19H,3-4,15-16,20-21,37-38H2,1-2H3. The third-order valence-corrected chi connectivity index (χ3v) is 12.4. The monoisotopic (exact) mass is 1300 g/mol. The van der Waals surface area contributed by atoms with E-state index in [1.54, 1.807) is 92.7 Å². The Morgan fingerprint density at radius 2 is 0.720 bits per heavy atom. The van der Waals surface area contributed by atoms with Crippen molar-refractivity contribution in [1.82, 2.24) is 0 Å². The number of hydrogen-bond acceptors (Lipinski definition) is 20. The Hall–Kier alpha value is -10.1. The minimum Gasteiger partial charge on any atom is -0.494 e. The maximum absolute atomic E-state index is 12.5. The van der Waals surface area contributed by atoms with Crippen molar-refractivity contribution < 1.29 is 102 Å². The molecule has 8 N–H and O–H groups in total. The van der Waals surface area contributed by atoms with Crippen LogP contribution < -0.4 is 41.9 Å². The molecule has 0 radical (unpaired) electrons. The van der Waals surface area contributed by atoms with E-state index in [1.807, 2.05) is 0 Å². The van der Waals surface area contributed by atoms with Crippen molar-refractivity contribution in [2.45, 2.75) is 64.7 Å². The zero-order valence-electron chi connectivity index (χ0n) is 50.9. The maximum atomic E-state index is 12.5. The van der Waals surface area contributed by atoms with E-state index in [4.69, 9.17) is 70.3 Å². The van der Waals surface area contributed by atoms with Gasteiger partial charge >= 0.3 is 48.2 Å². The van der Waals surface area contributed by atoms with Crippen LogP contribution in [0.2, 0.25) is 0 Å². The van der Waals surface area contributed by atoms with Crippen molar-refractivity contribution in [3.8, 4) is 23.0 Å². The molecular formula is C67H72F6N4O16. The van der Waals surface area contributed by atoms with Crippen LogP contribution in [0.3, 0.4) is 0 Å². The molecule has 0 saturated carbocycles. The molecule has 0 saturated heterocycles. The molecule has 6 aromatic rings. The number of unbranched alkanes of at least 4 members (excludes halogenated alkanes) is 2. The first kappa shape index (κ1) is 73.7. The molecule has 0 bridgehead atoms. The SMILES string of the molecule is CC(C)(COC(=O)C=Cc1ccc(OC(=O)c2ccc(OCCCCC(F)(F)F)cc2)cc1)COC(=O)c1cc(N)cc(N)c1.Nc1cc(N)cc(C(=O)OCCOCCOCCOC(=O)C=Cc2ccc(OC(=O)c3ccc(OCCCCC(F)(F)F)cc3)cc2)c1. The second kappa shape index (κ2) is 37.3. The predicted octanol–water partition coefficient (Wildman–Crippen LogP) is 12.2. The number of anilines is 4. The molecule has 20 nitrogen and oxygen atoms in total. The molecule has 0 fully saturated rings. The van der Waals surface area contributed by atoms with Gasteiger partial charge in [0.15, 0.2) is 0 Å². The second-order valence-corrected chi connectivity index (χ2v) is 21.1. The van der Waals surface area contributed by atoms with E-state index >= 15 is 0 Å². The first-order chi connectivity index (χ1) is 44.2. The lowest BCUT2D eigenvalue weighted by Gasteiger charge is -2.23. The van der Waals surface area contributed by atoms with Gasteiger partial charge in [-0.3, -0.25) is 0 Å². The zero-order valence-corrected chi connectivity index (χ0v) is 50.9. The molecule has 93 heavy (non-hydrogen) atoms. The first-order valence-corrected chi connectivity index (χ1v) is 28.9. The van der Waals surface area contributed by atoms with E-state index in [2.05, 4.69) is 0 Å². The Bertz CT molecular complexity index is 3390. The zero-order chi connectivity index (χ0) is 67.8. The lowest BCUT2D eigenvalue weighted by atomic mass is 9.96. The van der Waals surface area contributed by atoms with Gasteiger partial charge in [0.2, 0.25) is 0 Å². The van der Waals surface area contributed by atoms with Gasteiger partial charge in [-0.25, -0.2) is 28.8 Å². The Morgan fingerprint density at radius 3 is 1.12 bits per heavy atom. The van der Waals surface area contributed by atoms with Crippen molar-refractivity contribution >= 4 is 70.7 Å². The normalized spacial score (nSPS) is 11.5. The summed E-state index contributed by atoms with van der Waals surface area (Å²) in [5.41, 5.74) is 25.8. The summed E-state index contributed by atoms with van der Waals surface area (Å²) in [6, 6.07) is 33.9. The fourth-order valence-corrected chi connectivity index (χ4v) is 7.70. The Kier molecular flexibility index (Phi) is 29.5. The summed E-state index contributed by atoms with van der Waals surface area (Å²) in [5, 5.41) is 0. The van der Waals surface area contributed by atoms with Gasteiger partial charge in [0.1, 0.15) is 36.2 Å². The number of esters is 6. The number of carbonyl (C=O) groups excluding carboxylic acids is 6. The minimum atomic E-state index is -4.18. The van der Waals surface area contributed by atoms with E-state index in [0.717, 1.165) is 0 Å². The number of ether oxygens (including phenoxy) is 10. The summed E-state index contributed by atoms with van der Waals surface area (Å²) < 4.78 is 126. The highest BCUT2D eigenvalue weighted by molar-refractivity contribution is 5.94. The van der Waals surface area contributed by atoms with E-state index in [-0.39, 0.29) is 126 Å². The molecule has 0 aromatic heterocycles. The lowest BCUT2D eigenvalue weighted by Crippen LogP contribution is -2.28. The average Bonchev–Trinajstić information content (AvgIpc) is 1.26. The number of hydrogen-bond donors (Lipinski definition) is 4. The molecule has 0 amide bonds. The van der Waals surface area contributed by atoms with Gasteiger partial charge < -0.3 is 70.3 Å². The van der Waals surface area contributed by atoms with Crippen LogP contribution in [-0.2, 0) is 38.0 Å². The summed E-state index contributed by atoms with van der Waals surface area (Å²) in [6.45, 7) is 4.72. The lowest BCUT2D eigenvalue weighted by molar-refractivity contribution is -0.141. The smallest absolute Gasteiger partial charge is 0.389 e. The average molecular weight is 1300 g/mol. The van der Waals surface area contributed by atoms with Gasteiger partial charge in [0.25, 0.3) is 0 Å². The summed E-state index contributed by atoms with van der Waals surface area (Å²) in [5.74, 6) is -2.09. The molecule has 0 heterocycles. The number of benzene rings is 6. The minimum absolute atomic E-state index is 0.00747. The molecular weight excluding hydrogens is 1230 g/mol. The molecule has 0 aliphatic carbocycles. The van der Waals surface area contributed by atoms with E-state index in [1.165, 1.54) is 78.9 Å². The van der Waals surface area contributed by atoms with Gasteiger partial charge in [0.05, 0.1) is 75.1 Å². The van der Waals surface area contributed by atoms with Crippen molar-refractivity contribution in [2.75, 3.05) is 89.0 Å². The van der Waals surface area contributed by atoms with Crippen molar-refractivity contribution in [1.29, 1.82) is 0 Å². The molecule has 26 heteroatoms. The Morgan fingerprint density at radius 1 is 0.376 bits per heavy atom. The summed E-state index contributed by atoms with van der Waals surface area (Å²) in [7, 11) is 0. The van der Waals surface area contributed by atoms with E-state index in [0.29, 0.717) is 45.4 Å². The van der Waals surface area contributed by atoms with Crippen LogP contribution in [0.1, 0.15) is 105 Å². The van der Waals surface area contributed by atoms with Crippen LogP contribution >= 0.6 is 0 Å². The van der Waals surface area contributed by atoms with Crippen LogP contribution in [0.15, 0.2) is 146 Å². The number of rotatable bonds is 33. The van der Waals surface area contributed by atoms with Crippen molar-refractivity contribution in [3.63, 3.8) is 0 Å². The second-order valence-electron chi connectivity index (χ2n) is 21.1. The van der Waals surface area contributed by atoms with Gasteiger partial charge in [-0.05, 0) is 158 Å². The number of carbonyl (C=O) groups is 6. The number of alkyl halides is 6. The molecule has 0 aliphatic rings. The highest BCUT2D eigenvalue weighted by atomic mass is 19.4. The molecule has 0 spiro atoms. The molecule has 0 atom stereocenters. The third-order valence-electron chi connectivity index (χ3n) is 12.4. The van der Waals surface area contributed by atoms with Gasteiger partial charge in [0, 0.05) is 53.2 Å². The van der Waals surface area contributed by atoms with Crippen LogP contribution in [0, 0.1) is 5.41 Å². The van der Waals surface area contributed by atoms with Crippen LogP contribution in [0.5, 0.6) is 23.0 Å². The molecule has 498 valence electrons. The summed E-state index contributed by atoms with van der Waals surface area (Å²) in [4.78, 5) is 73.5. The Balaban J connectivity index is 0.000000338. The largest absolute Gasteiger partial charge is 0.494 e. The molecule has 0 aliphatic heterocycles. The van der Waals surface area contributed by atoms with Gasteiger partial charge in [-0.15, -0.1) is 0 Å². The van der Waals surface area contributed by atoms with Crippen molar-refractivity contribution in [3.05, 3.63) is 179 Å². The van der Waals surface area contributed by atoms with Crippen LogP contribution in [0.4, 0.5) is 49.1 Å². The van der Waals surface area contributed by atoms with Crippen LogP contribution in [0.25, 0.3) is 12.2 Å². The van der Waals surface area contributed by atoms with E-state index < -0.39 is 66.4 Å². The first-order valence-electron chi connectivity index (χ1n) is 28.9. The number of nitrogens with two attached hydrogens (primary N) is 4. The Labute approximate surface area is 532 Å². The van der Waals surface area contributed by atoms with Gasteiger partial charge in [-0.1, -0.05) is 38.1 Å². The fourth-order valence-electron chi connectivity index (χ4n) is 7.70. The quantitative estimate of drug-likeness (QED) is 0.00566. The molecule has 0 unspecified atom stereocenters. The number of halogens is 6. The highest BCUT2D eigenvalue weighted by Gasteiger charge is 2.27. The molecule has 6 rings (SSSR count). The third kappa shape index (κ3) is 30.5. The topological polar surface area (TPSA) is 299 Å². The highest BCUT2D eigenvalue weighted by Crippen LogP contribution is 2.26. The summed E-state index contributed by atoms with van der Waals surface area (Å²) >= 11 is 0. The number of nitrogen functional groups attached to an aromatic ring is 4. The predicted molar refractivity (Wildman–Crippen MR) is 333 cm³/mol.